The molecule has 0 saturated carbocycles. The van der Waals surface area contributed by atoms with Crippen LogP contribution in [-0.4, -0.2) is 13.7 Å². The van der Waals surface area contributed by atoms with Crippen molar-refractivity contribution >= 4 is 131 Å². The number of benzene rings is 15. The molecule has 0 amide bonds. The molecule has 0 saturated heterocycles. The molecule has 0 aliphatic heterocycles. The fourth-order valence-electron chi connectivity index (χ4n) is 15.0. The van der Waals surface area contributed by atoms with E-state index in [1.165, 1.54) is 63.6 Å². The van der Waals surface area contributed by atoms with Crippen molar-refractivity contribution in [2.75, 3.05) is 9.80 Å². The highest BCUT2D eigenvalue weighted by Crippen LogP contribution is 2.49. The van der Waals surface area contributed by atoms with Gasteiger partial charge in [-0.2, -0.15) is 0 Å². The summed E-state index contributed by atoms with van der Waals surface area (Å²) in [4.78, 5) is 4.97. The first-order valence-corrected chi connectivity index (χ1v) is 33.6. The van der Waals surface area contributed by atoms with Crippen LogP contribution in [0, 0.1) is 0 Å². The summed E-state index contributed by atoms with van der Waals surface area (Å²) in [5.41, 5.74) is 23.3. The van der Waals surface area contributed by atoms with E-state index >= 15 is 0 Å². The zero-order valence-corrected chi connectivity index (χ0v) is 53.0. The van der Waals surface area contributed by atoms with Crippen molar-refractivity contribution < 1.29 is 0 Å². The monoisotopic (exact) mass is 1240 g/mol. The van der Waals surface area contributed by atoms with Gasteiger partial charge >= 0.3 is 0 Å². The summed E-state index contributed by atoms with van der Waals surface area (Å²) in [5.74, 6) is 0. The largest absolute Gasteiger partial charge is 0.310 e. The van der Waals surface area contributed by atoms with E-state index in [2.05, 4.69) is 381 Å². The molecule has 0 N–H and O–H groups in total. The van der Waals surface area contributed by atoms with Gasteiger partial charge in [-0.15, -0.1) is 11.3 Å². The lowest BCUT2D eigenvalue weighted by Crippen LogP contribution is -2.14. The van der Waals surface area contributed by atoms with Crippen molar-refractivity contribution in [3.63, 3.8) is 0 Å². The molecule has 19 rings (SSSR count). The SMILES string of the molecule is c1ccc(-c2ccc(N(c3cc(-c4ccc5c(c4)c4c6sc7ccccc7c6ccc4n5-c4ccccc4)cc(N(c4cccc(-c5ccccc5)c4)c4ccc5c(c4)c4ccccc4n5-c4ccccc4)c3)c3ccc4c(c3)c3ccccc3n4-c3ccccc3)cc2)cc1. The van der Waals surface area contributed by atoms with Crippen LogP contribution in [0.15, 0.2) is 358 Å². The summed E-state index contributed by atoms with van der Waals surface area (Å²) in [7, 11) is 0. The zero-order valence-electron chi connectivity index (χ0n) is 52.2. The number of anilines is 6. The molecule has 5 nitrogen and oxygen atoms in total. The van der Waals surface area contributed by atoms with Gasteiger partial charge in [-0.3, -0.25) is 0 Å². The highest BCUT2D eigenvalue weighted by atomic mass is 32.1. The quantitative estimate of drug-likeness (QED) is 0.122. The molecule has 0 radical (unpaired) electrons. The summed E-state index contributed by atoms with van der Waals surface area (Å²) >= 11 is 1.89. The van der Waals surface area contributed by atoms with E-state index in [0.29, 0.717) is 0 Å². The van der Waals surface area contributed by atoms with Crippen LogP contribution in [0.25, 0.3) is 136 Å². The van der Waals surface area contributed by atoms with Gasteiger partial charge in [0.2, 0.25) is 0 Å². The van der Waals surface area contributed by atoms with Crippen molar-refractivity contribution in [3.05, 3.63) is 358 Å². The summed E-state index contributed by atoms with van der Waals surface area (Å²) < 4.78 is 9.84. The molecule has 19 aromatic rings. The van der Waals surface area contributed by atoms with Crippen LogP contribution >= 0.6 is 11.3 Å². The molecular formula is C90H59N5S. The van der Waals surface area contributed by atoms with Crippen LogP contribution in [0.1, 0.15) is 0 Å². The topological polar surface area (TPSA) is 21.3 Å². The number of thiophene rings is 1. The van der Waals surface area contributed by atoms with Crippen LogP contribution in [0.2, 0.25) is 0 Å². The Morgan fingerprint density at radius 3 is 1.17 bits per heavy atom. The Morgan fingerprint density at radius 1 is 0.198 bits per heavy atom. The second-order valence-electron chi connectivity index (χ2n) is 24.9. The molecule has 0 aliphatic rings. The molecule has 4 aromatic heterocycles. The van der Waals surface area contributed by atoms with Crippen LogP contribution in [0.4, 0.5) is 34.1 Å². The fraction of sp³-hybridized carbons (Fsp3) is 0. The van der Waals surface area contributed by atoms with Crippen LogP contribution in [0.5, 0.6) is 0 Å². The number of hydrogen-bond donors (Lipinski definition) is 0. The van der Waals surface area contributed by atoms with Gasteiger partial charge in [-0.25, -0.2) is 0 Å². The van der Waals surface area contributed by atoms with E-state index in [9.17, 15) is 0 Å². The molecule has 0 bridgehead atoms. The Kier molecular flexibility index (Phi) is 13.0. The lowest BCUT2D eigenvalue weighted by molar-refractivity contribution is 1.18. The lowest BCUT2D eigenvalue weighted by Gasteiger charge is -2.31. The molecule has 15 aromatic carbocycles. The van der Waals surface area contributed by atoms with E-state index in [-0.39, 0.29) is 0 Å². The lowest BCUT2D eigenvalue weighted by atomic mass is 9.99. The maximum absolute atomic E-state index is 2.49. The highest BCUT2D eigenvalue weighted by molar-refractivity contribution is 7.26. The number of nitrogens with zero attached hydrogens (tertiary/aromatic N) is 5. The first-order chi connectivity index (χ1) is 47.6. The van der Waals surface area contributed by atoms with Crippen molar-refractivity contribution in [3.8, 4) is 50.4 Å². The van der Waals surface area contributed by atoms with Gasteiger partial charge in [0, 0.05) is 104 Å². The molecule has 450 valence electrons. The minimum absolute atomic E-state index is 1.00. The van der Waals surface area contributed by atoms with Gasteiger partial charge in [0.05, 0.1) is 33.1 Å². The van der Waals surface area contributed by atoms with E-state index in [1.54, 1.807) is 0 Å². The zero-order chi connectivity index (χ0) is 63.2. The van der Waals surface area contributed by atoms with Crippen molar-refractivity contribution in [2.45, 2.75) is 0 Å². The second-order valence-corrected chi connectivity index (χ2v) is 25.9. The Labute approximate surface area is 559 Å². The van der Waals surface area contributed by atoms with E-state index < -0.39 is 0 Å². The van der Waals surface area contributed by atoms with Crippen molar-refractivity contribution in [2.24, 2.45) is 0 Å². The average Bonchev–Trinajstić information content (AvgIpc) is 1.57. The van der Waals surface area contributed by atoms with Gasteiger partial charge < -0.3 is 23.5 Å². The van der Waals surface area contributed by atoms with Crippen LogP contribution in [-0.2, 0) is 0 Å². The van der Waals surface area contributed by atoms with Crippen molar-refractivity contribution in [1.82, 2.24) is 13.7 Å². The first-order valence-electron chi connectivity index (χ1n) is 32.8. The van der Waals surface area contributed by atoms with Gasteiger partial charge in [0.15, 0.2) is 0 Å². The number of aromatic nitrogens is 3. The minimum atomic E-state index is 1.00. The van der Waals surface area contributed by atoms with Gasteiger partial charge in [-0.05, 0) is 185 Å². The molecule has 4 heterocycles. The summed E-state index contributed by atoms with van der Waals surface area (Å²) in [6, 6.07) is 132. The summed E-state index contributed by atoms with van der Waals surface area (Å²) in [5, 5.41) is 9.75. The molecular weight excluding hydrogens is 1180 g/mol. The predicted molar refractivity (Wildman–Crippen MR) is 408 cm³/mol. The highest BCUT2D eigenvalue weighted by Gasteiger charge is 2.25. The van der Waals surface area contributed by atoms with E-state index in [4.69, 9.17) is 0 Å². The maximum Gasteiger partial charge on any atom is 0.0555 e. The normalized spacial score (nSPS) is 11.8. The smallest absolute Gasteiger partial charge is 0.0555 e. The first kappa shape index (κ1) is 55.2. The van der Waals surface area contributed by atoms with Gasteiger partial charge in [-0.1, -0.05) is 206 Å². The second kappa shape index (κ2) is 22.7. The molecule has 0 spiro atoms. The van der Waals surface area contributed by atoms with Gasteiger partial charge in [0.1, 0.15) is 0 Å². The van der Waals surface area contributed by atoms with Crippen LogP contribution in [0.3, 0.4) is 0 Å². The summed E-state index contributed by atoms with van der Waals surface area (Å²) in [6.07, 6.45) is 0. The van der Waals surface area contributed by atoms with E-state index in [0.717, 1.165) is 107 Å². The minimum Gasteiger partial charge on any atom is -0.310 e. The Morgan fingerprint density at radius 2 is 0.583 bits per heavy atom. The third-order valence-electron chi connectivity index (χ3n) is 19.3. The Balaban J connectivity index is 0.905. The molecule has 96 heavy (non-hydrogen) atoms. The fourth-order valence-corrected chi connectivity index (χ4v) is 16.3. The van der Waals surface area contributed by atoms with Crippen LogP contribution < -0.4 is 9.80 Å². The predicted octanol–water partition coefficient (Wildman–Crippen LogP) is 25.3. The third kappa shape index (κ3) is 9.14. The van der Waals surface area contributed by atoms with Gasteiger partial charge in [0.25, 0.3) is 0 Å². The number of rotatable bonds is 12. The molecule has 0 aliphatic carbocycles. The third-order valence-corrected chi connectivity index (χ3v) is 20.5. The average molecular weight is 1240 g/mol. The maximum atomic E-state index is 2.49. The molecule has 0 atom stereocenters. The number of fused-ring (bicyclic) bond motifs is 13. The molecule has 6 heteroatoms. The standard InChI is InChI=1S/C90H59N5S/c1-6-23-60(24-7-1)62-41-44-69(45-42-62)91(71-46-50-84-79(58-71)75-35-16-19-38-82(75)93(84)66-28-10-3-11-29-66)73-54-65(64-43-49-86-81(56-64)89-87(95(86)68-32-14-5-15-33-68)52-48-78-77-37-18-21-40-88(77)96-90(78)89)55-74(57-73)92(70-34-22-27-63(53-70)61-25-8-2-9-26-61)72-47-51-85-80(59-72)76-36-17-20-39-83(76)94(85)67-30-12-4-13-31-67/h1-59H. The molecule has 0 unspecified atom stereocenters. The van der Waals surface area contributed by atoms with E-state index in [1.807, 2.05) is 11.3 Å². The number of hydrogen-bond acceptors (Lipinski definition) is 3. The Bertz CT molecular complexity index is 6190. The molecule has 0 fully saturated rings. The number of para-hydroxylation sites is 5. The summed E-state index contributed by atoms with van der Waals surface area (Å²) in [6.45, 7) is 0. The van der Waals surface area contributed by atoms with Crippen molar-refractivity contribution in [1.29, 1.82) is 0 Å². The Hall–Kier alpha value is -12.5.